The van der Waals surface area contributed by atoms with Crippen LogP contribution in [0, 0.1) is 5.92 Å². The summed E-state index contributed by atoms with van der Waals surface area (Å²) >= 11 is 0. The maximum atomic E-state index is 9.15. The fourth-order valence-corrected chi connectivity index (χ4v) is 2.98. The fraction of sp³-hybridized carbons (Fsp3) is 0.684. The molecule has 1 saturated heterocycles. The lowest BCUT2D eigenvalue weighted by Gasteiger charge is -2.30. The molecule has 0 bridgehead atoms. The van der Waals surface area contributed by atoms with E-state index in [0.717, 1.165) is 51.3 Å². The van der Waals surface area contributed by atoms with E-state index in [9.17, 15) is 0 Å². The molecule has 2 rings (SSSR count). The van der Waals surface area contributed by atoms with E-state index in [1.54, 1.807) is 0 Å². The monoisotopic (exact) mass is 305 g/mol. The second-order valence-corrected chi connectivity index (χ2v) is 6.75. The van der Waals surface area contributed by atoms with E-state index < -0.39 is 0 Å². The Balaban J connectivity index is 1.59. The maximum absolute atomic E-state index is 9.15. The molecule has 1 heterocycles. The van der Waals surface area contributed by atoms with Crippen molar-refractivity contribution in [2.24, 2.45) is 5.92 Å². The largest absolute Gasteiger partial charge is 0.494 e. The molecule has 0 aliphatic carbocycles. The number of ether oxygens (including phenoxy) is 1. The standard InChI is InChI=1S/C19H31NO2/c1-16(2)18-6-5-7-19(14-18)22-13-4-3-10-20-11-8-17(15-21)9-12-20/h5-7,14,16-17,21H,3-4,8-13,15H2,1-2H3. The summed E-state index contributed by atoms with van der Waals surface area (Å²) in [6.45, 7) is 9.02. The van der Waals surface area contributed by atoms with Crippen molar-refractivity contribution in [3.8, 4) is 5.75 Å². The number of benzene rings is 1. The van der Waals surface area contributed by atoms with Gasteiger partial charge >= 0.3 is 0 Å². The van der Waals surface area contributed by atoms with E-state index in [1.165, 1.54) is 12.0 Å². The Hall–Kier alpha value is -1.06. The highest BCUT2D eigenvalue weighted by molar-refractivity contribution is 5.30. The van der Waals surface area contributed by atoms with Crippen LogP contribution in [0.1, 0.15) is 51.0 Å². The lowest BCUT2D eigenvalue weighted by molar-refractivity contribution is 0.129. The van der Waals surface area contributed by atoms with Crippen LogP contribution in [0.15, 0.2) is 24.3 Å². The van der Waals surface area contributed by atoms with Gasteiger partial charge in [-0.3, -0.25) is 0 Å². The molecule has 22 heavy (non-hydrogen) atoms. The van der Waals surface area contributed by atoms with Crippen LogP contribution >= 0.6 is 0 Å². The molecule has 1 aliphatic heterocycles. The van der Waals surface area contributed by atoms with E-state index in [4.69, 9.17) is 9.84 Å². The maximum Gasteiger partial charge on any atom is 0.119 e. The van der Waals surface area contributed by atoms with Crippen molar-refractivity contribution in [1.82, 2.24) is 4.90 Å². The van der Waals surface area contributed by atoms with Gasteiger partial charge in [0.1, 0.15) is 5.75 Å². The van der Waals surface area contributed by atoms with Gasteiger partial charge < -0.3 is 14.7 Å². The lowest BCUT2D eigenvalue weighted by atomic mass is 9.98. The van der Waals surface area contributed by atoms with Gasteiger partial charge in [0.15, 0.2) is 0 Å². The molecule has 1 fully saturated rings. The summed E-state index contributed by atoms with van der Waals surface area (Å²) in [6.07, 6.45) is 4.59. The van der Waals surface area contributed by atoms with Crippen molar-refractivity contribution in [1.29, 1.82) is 0 Å². The zero-order chi connectivity index (χ0) is 15.8. The van der Waals surface area contributed by atoms with Gasteiger partial charge in [-0.2, -0.15) is 0 Å². The summed E-state index contributed by atoms with van der Waals surface area (Å²) in [7, 11) is 0. The smallest absolute Gasteiger partial charge is 0.119 e. The normalized spacial score (nSPS) is 17.1. The third kappa shape index (κ3) is 5.62. The quantitative estimate of drug-likeness (QED) is 0.744. The van der Waals surface area contributed by atoms with Gasteiger partial charge in [-0.1, -0.05) is 26.0 Å². The van der Waals surface area contributed by atoms with E-state index in [2.05, 4.69) is 36.9 Å². The molecule has 1 aliphatic rings. The molecule has 3 nitrogen and oxygen atoms in total. The van der Waals surface area contributed by atoms with Crippen LogP contribution in [0.2, 0.25) is 0 Å². The Morgan fingerprint density at radius 2 is 2.00 bits per heavy atom. The summed E-state index contributed by atoms with van der Waals surface area (Å²) in [4.78, 5) is 2.52. The Morgan fingerprint density at radius 3 is 2.68 bits per heavy atom. The highest BCUT2D eigenvalue weighted by Crippen LogP contribution is 2.20. The van der Waals surface area contributed by atoms with Crippen LogP contribution in [-0.4, -0.2) is 42.9 Å². The van der Waals surface area contributed by atoms with Gasteiger partial charge in [-0.15, -0.1) is 0 Å². The van der Waals surface area contributed by atoms with Crippen LogP contribution < -0.4 is 4.74 Å². The molecule has 1 aromatic rings. The number of hydrogen-bond donors (Lipinski definition) is 1. The molecule has 0 aromatic heterocycles. The van der Waals surface area contributed by atoms with Crippen molar-refractivity contribution >= 4 is 0 Å². The molecule has 1 N–H and O–H groups in total. The average molecular weight is 305 g/mol. The van der Waals surface area contributed by atoms with E-state index in [1.807, 2.05) is 6.07 Å². The van der Waals surface area contributed by atoms with Crippen LogP contribution in [-0.2, 0) is 0 Å². The number of nitrogens with zero attached hydrogens (tertiary/aromatic N) is 1. The first-order valence-electron chi connectivity index (χ1n) is 8.75. The number of piperidine rings is 1. The van der Waals surface area contributed by atoms with Gasteiger partial charge in [0, 0.05) is 6.61 Å². The second-order valence-electron chi connectivity index (χ2n) is 6.75. The zero-order valence-corrected chi connectivity index (χ0v) is 14.1. The van der Waals surface area contributed by atoms with Crippen molar-refractivity contribution in [2.45, 2.75) is 45.4 Å². The van der Waals surface area contributed by atoms with Crippen LogP contribution in [0.5, 0.6) is 5.75 Å². The molecule has 3 heteroatoms. The summed E-state index contributed by atoms with van der Waals surface area (Å²) in [5.41, 5.74) is 1.34. The Labute approximate surface area is 135 Å². The first kappa shape index (κ1) is 17.3. The van der Waals surface area contributed by atoms with Crippen LogP contribution in [0.25, 0.3) is 0 Å². The third-order valence-electron chi connectivity index (χ3n) is 4.63. The van der Waals surface area contributed by atoms with Crippen molar-refractivity contribution in [3.63, 3.8) is 0 Å². The molecular formula is C19H31NO2. The minimum Gasteiger partial charge on any atom is -0.494 e. The van der Waals surface area contributed by atoms with Gasteiger partial charge in [0.2, 0.25) is 0 Å². The molecule has 0 radical (unpaired) electrons. The highest BCUT2D eigenvalue weighted by Gasteiger charge is 2.17. The lowest BCUT2D eigenvalue weighted by Crippen LogP contribution is -2.35. The number of likely N-dealkylation sites (tertiary alicyclic amines) is 1. The Kier molecular flexibility index (Phi) is 7.20. The SMILES string of the molecule is CC(C)c1cccc(OCCCCN2CCC(CO)CC2)c1. The van der Waals surface area contributed by atoms with Crippen LogP contribution in [0.4, 0.5) is 0 Å². The zero-order valence-electron chi connectivity index (χ0n) is 14.1. The Morgan fingerprint density at radius 1 is 1.23 bits per heavy atom. The summed E-state index contributed by atoms with van der Waals surface area (Å²) in [5, 5.41) is 9.15. The molecule has 0 unspecified atom stereocenters. The molecule has 0 amide bonds. The predicted octanol–water partition coefficient (Wildman–Crippen LogP) is 3.67. The van der Waals surface area contributed by atoms with Crippen molar-refractivity contribution < 1.29 is 9.84 Å². The molecule has 124 valence electrons. The fourth-order valence-electron chi connectivity index (χ4n) is 2.98. The predicted molar refractivity (Wildman–Crippen MR) is 91.5 cm³/mol. The number of aliphatic hydroxyl groups excluding tert-OH is 1. The van der Waals surface area contributed by atoms with Gasteiger partial charge in [0.05, 0.1) is 6.61 Å². The highest BCUT2D eigenvalue weighted by atomic mass is 16.5. The number of aliphatic hydroxyl groups is 1. The minimum atomic E-state index is 0.358. The topological polar surface area (TPSA) is 32.7 Å². The molecular weight excluding hydrogens is 274 g/mol. The molecule has 0 saturated carbocycles. The van der Waals surface area contributed by atoms with Crippen molar-refractivity contribution in [2.75, 3.05) is 32.8 Å². The summed E-state index contributed by atoms with van der Waals surface area (Å²) in [6, 6.07) is 8.44. The minimum absolute atomic E-state index is 0.358. The number of hydrogen-bond acceptors (Lipinski definition) is 3. The van der Waals surface area contributed by atoms with E-state index in [-0.39, 0.29) is 0 Å². The molecule has 1 aromatic carbocycles. The first-order valence-corrected chi connectivity index (χ1v) is 8.75. The molecule has 0 atom stereocenters. The number of rotatable bonds is 8. The summed E-state index contributed by atoms with van der Waals surface area (Å²) < 4.78 is 5.87. The van der Waals surface area contributed by atoms with Gasteiger partial charge in [-0.05, 0) is 74.8 Å². The molecule has 0 spiro atoms. The second kappa shape index (κ2) is 9.16. The summed E-state index contributed by atoms with van der Waals surface area (Å²) in [5.74, 6) is 2.08. The van der Waals surface area contributed by atoms with E-state index in [0.29, 0.717) is 18.4 Å². The number of unbranched alkanes of at least 4 members (excludes halogenated alkanes) is 1. The van der Waals surface area contributed by atoms with Gasteiger partial charge in [-0.25, -0.2) is 0 Å². The first-order chi connectivity index (χ1) is 10.7. The van der Waals surface area contributed by atoms with E-state index >= 15 is 0 Å². The van der Waals surface area contributed by atoms with Crippen LogP contribution in [0.3, 0.4) is 0 Å². The van der Waals surface area contributed by atoms with Crippen molar-refractivity contribution in [3.05, 3.63) is 29.8 Å². The third-order valence-corrected chi connectivity index (χ3v) is 4.63. The average Bonchev–Trinajstić information content (AvgIpc) is 2.55. The Bertz CT molecular complexity index is 425. The van der Waals surface area contributed by atoms with Gasteiger partial charge in [0.25, 0.3) is 0 Å².